The van der Waals surface area contributed by atoms with E-state index in [1.54, 1.807) is 0 Å². The Hall–Kier alpha value is -2.29. The van der Waals surface area contributed by atoms with Crippen LogP contribution in [-0.4, -0.2) is 50.0 Å². The number of aliphatic carboxylic acids is 2. The third kappa shape index (κ3) is 5.12. The summed E-state index contributed by atoms with van der Waals surface area (Å²) in [5, 5.41) is 16.4. The standard InChI is InChI=1S/C15H20O8S/c1-22-12-7-6-11(8-13(12)23-2)24(20,21)10(9-15(18)19)4-3-5-14(16)17/h6-8,10H,3-5,9H2,1-2H3,(H,16,17)(H,18,19). The predicted molar refractivity (Wildman–Crippen MR) is 84.3 cm³/mol. The first-order valence-electron chi connectivity index (χ1n) is 7.12. The van der Waals surface area contributed by atoms with E-state index in [1.165, 1.54) is 32.4 Å². The van der Waals surface area contributed by atoms with Gasteiger partial charge in [-0.25, -0.2) is 8.42 Å². The fourth-order valence-corrected chi connectivity index (χ4v) is 3.98. The Morgan fingerprint density at radius 2 is 1.71 bits per heavy atom. The Morgan fingerprint density at radius 3 is 2.21 bits per heavy atom. The molecule has 0 aliphatic rings. The van der Waals surface area contributed by atoms with E-state index < -0.39 is 33.4 Å². The van der Waals surface area contributed by atoms with Crippen molar-refractivity contribution in [3.05, 3.63) is 18.2 Å². The highest BCUT2D eigenvalue weighted by Gasteiger charge is 2.30. The lowest BCUT2D eigenvalue weighted by Crippen LogP contribution is -2.25. The van der Waals surface area contributed by atoms with Gasteiger partial charge in [-0.1, -0.05) is 0 Å². The lowest BCUT2D eigenvalue weighted by Gasteiger charge is -2.17. The maximum atomic E-state index is 12.7. The summed E-state index contributed by atoms with van der Waals surface area (Å²) in [6.45, 7) is 0. The smallest absolute Gasteiger partial charge is 0.304 e. The Kier molecular flexibility index (Phi) is 7.02. The molecule has 2 N–H and O–H groups in total. The van der Waals surface area contributed by atoms with E-state index in [0.717, 1.165) is 0 Å². The van der Waals surface area contributed by atoms with Crippen molar-refractivity contribution in [1.29, 1.82) is 0 Å². The van der Waals surface area contributed by atoms with Gasteiger partial charge in [0.1, 0.15) is 0 Å². The Morgan fingerprint density at radius 1 is 1.08 bits per heavy atom. The molecule has 1 rings (SSSR count). The number of benzene rings is 1. The maximum Gasteiger partial charge on any atom is 0.304 e. The van der Waals surface area contributed by atoms with Crippen molar-refractivity contribution >= 4 is 21.8 Å². The van der Waals surface area contributed by atoms with Crippen LogP contribution in [0.3, 0.4) is 0 Å². The van der Waals surface area contributed by atoms with Crippen molar-refractivity contribution in [3.63, 3.8) is 0 Å². The predicted octanol–water partition coefficient (Wildman–Crippen LogP) is 1.58. The topological polar surface area (TPSA) is 127 Å². The highest BCUT2D eigenvalue weighted by atomic mass is 32.2. The van der Waals surface area contributed by atoms with Crippen LogP contribution in [0.4, 0.5) is 0 Å². The van der Waals surface area contributed by atoms with Crippen molar-refractivity contribution in [1.82, 2.24) is 0 Å². The minimum Gasteiger partial charge on any atom is -0.493 e. The summed E-state index contributed by atoms with van der Waals surface area (Å²) < 4.78 is 35.5. The van der Waals surface area contributed by atoms with Crippen LogP contribution in [0.2, 0.25) is 0 Å². The average Bonchev–Trinajstić information content (AvgIpc) is 2.52. The zero-order chi connectivity index (χ0) is 18.3. The molecule has 0 spiro atoms. The van der Waals surface area contributed by atoms with E-state index in [4.69, 9.17) is 19.7 Å². The molecule has 0 aliphatic heterocycles. The second-order valence-electron chi connectivity index (χ2n) is 5.07. The number of ether oxygens (including phenoxy) is 2. The van der Waals surface area contributed by atoms with Crippen LogP contribution in [-0.2, 0) is 19.4 Å². The van der Waals surface area contributed by atoms with Gasteiger partial charge in [0.05, 0.1) is 30.8 Å². The first-order valence-corrected chi connectivity index (χ1v) is 8.66. The van der Waals surface area contributed by atoms with Gasteiger partial charge in [0.15, 0.2) is 21.3 Å². The minimum absolute atomic E-state index is 0.0602. The maximum absolute atomic E-state index is 12.7. The molecular weight excluding hydrogens is 340 g/mol. The number of sulfone groups is 1. The number of carbonyl (C=O) groups is 2. The Bertz CT molecular complexity index is 695. The van der Waals surface area contributed by atoms with E-state index in [9.17, 15) is 18.0 Å². The lowest BCUT2D eigenvalue weighted by atomic mass is 10.1. The quantitative estimate of drug-likeness (QED) is 0.644. The summed E-state index contributed by atoms with van der Waals surface area (Å²) in [5.41, 5.74) is 0. The SMILES string of the molecule is COc1ccc(S(=O)(=O)C(CCCC(=O)O)CC(=O)O)cc1OC. The molecule has 9 heteroatoms. The van der Waals surface area contributed by atoms with E-state index in [2.05, 4.69) is 0 Å². The van der Waals surface area contributed by atoms with Gasteiger partial charge >= 0.3 is 11.9 Å². The van der Waals surface area contributed by atoms with Gasteiger partial charge in [-0.15, -0.1) is 0 Å². The summed E-state index contributed by atoms with van der Waals surface area (Å²) in [5.74, 6) is -1.78. The Balaban J connectivity index is 3.14. The van der Waals surface area contributed by atoms with Crippen LogP contribution < -0.4 is 9.47 Å². The van der Waals surface area contributed by atoms with Gasteiger partial charge in [0.25, 0.3) is 0 Å². The fraction of sp³-hybridized carbons (Fsp3) is 0.467. The molecule has 0 aromatic heterocycles. The molecule has 0 heterocycles. The van der Waals surface area contributed by atoms with Crippen LogP contribution in [0.1, 0.15) is 25.7 Å². The third-order valence-corrected chi connectivity index (χ3v) is 5.63. The summed E-state index contributed by atoms with van der Waals surface area (Å²) in [6, 6.07) is 3.99. The molecular formula is C15H20O8S. The largest absolute Gasteiger partial charge is 0.493 e. The van der Waals surface area contributed by atoms with Gasteiger partial charge in [0, 0.05) is 12.5 Å². The molecule has 1 aromatic rings. The summed E-state index contributed by atoms with van der Waals surface area (Å²) >= 11 is 0. The molecule has 8 nitrogen and oxygen atoms in total. The summed E-state index contributed by atoms with van der Waals surface area (Å²) in [6.07, 6.45) is -0.817. The first kappa shape index (κ1) is 19.8. The van der Waals surface area contributed by atoms with Crippen LogP contribution in [0.15, 0.2) is 23.1 Å². The highest BCUT2D eigenvalue weighted by molar-refractivity contribution is 7.92. The number of rotatable bonds is 10. The molecule has 134 valence electrons. The van der Waals surface area contributed by atoms with Gasteiger partial charge in [-0.3, -0.25) is 9.59 Å². The molecule has 0 saturated heterocycles. The van der Waals surface area contributed by atoms with Crippen molar-refractivity contribution < 1.29 is 37.7 Å². The second-order valence-corrected chi connectivity index (χ2v) is 7.30. The molecule has 0 radical (unpaired) electrons. The second kappa shape index (κ2) is 8.53. The number of carboxylic acid groups (broad SMARTS) is 2. The molecule has 0 fully saturated rings. The van der Waals surface area contributed by atoms with E-state index in [0.29, 0.717) is 5.75 Å². The summed E-state index contributed by atoms with van der Waals surface area (Å²) in [7, 11) is -1.20. The summed E-state index contributed by atoms with van der Waals surface area (Å²) in [4.78, 5) is 21.5. The van der Waals surface area contributed by atoms with Crippen LogP contribution in [0.5, 0.6) is 11.5 Å². The van der Waals surface area contributed by atoms with Crippen molar-refractivity contribution in [2.24, 2.45) is 0 Å². The molecule has 0 amide bonds. The molecule has 0 aliphatic carbocycles. The van der Waals surface area contributed by atoms with Gasteiger partial charge in [0.2, 0.25) is 0 Å². The Labute approximate surface area is 139 Å². The highest BCUT2D eigenvalue weighted by Crippen LogP contribution is 2.32. The van der Waals surface area contributed by atoms with E-state index in [-0.39, 0.29) is 29.9 Å². The monoisotopic (exact) mass is 360 g/mol. The third-order valence-electron chi connectivity index (χ3n) is 3.44. The lowest BCUT2D eigenvalue weighted by molar-refractivity contribution is -0.137. The van der Waals surface area contributed by atoms with Crippen molar-refractivity contribution in [3.8, 4) is 11.5 Å². The number of methoxy groups -OCH3 is 2. The molecule has 1 aromatic carbocycles. The first-order chi connectivity index (χ1) is 11.2. The molecule has 1 atom stereocenters. The molecule has 1 unspecified atom stereocenters. The van der Waals surface area contributed by atoms with Crippen molar-refractivity contribution in [2.45, 2.75) is 35.8 Å². The van der Waals surface area contributed by atoms with E-state index >= 15 is 0 Å². The fourth-order valence-electron chi connectivity index (χ4n) is 2.23. The molecule has 24 heavy (non-hydrogen) atoms. The number of hydrogen-bond acceptors (Lipinski definition) is 6. The van der Waals surface area contributed by atoms with Crippen LogP contribution in [0, 0.1) is 0 Å². The number of carboxylic acids is 2. The zero-order valence-corrected chi connectivity index (χ0v) is 14.2. The number of hydrogen-bond donors (Lipinski definition) is 2. The van der Waals surface area contributed by atoms with Gasteiger partial charge < -0.3 is 19.7 Å². The minimum atomic E-state index is -3.96. The molecule has 0 bridgehead atoms. The van der Waals surface area contributed by atoms with Gasteiger partial charge in [-0.2, -0.15) is 0 Å². The van der Waals surface area contributed by atoms with Crippen molar-refractivity contribution in [2.75, 3.05) is 14.2 Å². The zero-order valence-electron chi connectivity index (χ0n) is 13.4. The van der Waals surface area contributed by atoms with Gasteiger partial charge in [-0.05, 0) is 25.0 Å². The van der Waals surface area contributed by atoms with Crippen LogP contribution in [0.25, 0.3) is 0 Å². The molecule has 0 saturated carbocycles. The van der Waals surface area contributed by atoms with Crippen LogP contribution >= 0.6 is 0 Å². The normalized spacial score (nSPS) is 12.4. The van der Waals surface area contributed by atoms with E-state index in [1.807, 2.05) is 0 Å². The average molecular weight is 360 g/mol.